The Bertz CT molecular complexity index is 498. The van der Waals surface area contributed by atoms with Gasteiger partial charge in [0.1, 0.15) is 5.75 Å². The number of Topliss-reactive ketones (excluding diaryl/α,β-unsaturated/α-hetero) is 1. The van der Waals surface area contributed by atoms with E-state index in [4.69, 9.17) is 4.74 Å². The van der Waals surface area contributed by atoms with E-state index in [9.17, 15) is 9.59 Å². The zero-order valence-corrected chi connectivity index (χ0v) is 12.1. The third-order valence-electron chi connectivity index (χ3n) is 3.80. The molecular formula is C15H20N2O3. The summed E-state index contributed by atoms with van der Waals surface area (Å²) >= 11 is 0. The summed E-state index contributed by atoms with van der Waals surface area (Å²) in [5, 5.41) is 2.80. The number of nitrogens with zero attached hydrogens (tertiary/aromatic N) is 1. The molecular weight excluding hydrogens is 256 g/mol. The number of carbonyl (C=O) groups is 2. The molecule has 1 amide bonds. The molecule has 0 spiro atoms. The molecule has 1 N–H and O–H groups in total. The van der Waals surface area contributed by atoms with Crippen molar-refractivity contribution in [2.75, 3.05) is 20.2 Å². The summed E-state index contributed by atoms with van der Waals surface area (Å²) in [6.07, 6.45) is 0. The Balaban J connectivity index is 2.12. The number of carbonyl (C=O) groups excluding carboxylic acids is 2. The van der Waals surface area contributed by atoms with Gasteiger partial charge in [-0.05, 0) is 38.1 Å². The van der Waals surface area contributed by atoms with Crippen molar-refractivity contribution in [3.8, 4) is 5.75 Å². The van der Waals surface area contributed by atoms with Gasteiger partial charge in [-0.15, -0.1) is 0 Å². The number of rotatable bonds is 4. The number of ether oxygens (including phenoxy) is 1. The van der Waals surface area contributed by atoms with Gasteiger partial charge in [0.2, 0.25) is 5.91 Å². The van der Waals surface area contributed by atoms with Crippen molar-refractivity contribution in [3.63, 3.8) is 0 Å². The Morgan fingerprint density at radius 1 is 1.40 bits per heavy atom. The number of amides is 1. The highest BCUT2D eigenvalue weighted by Crippen LogP contribution is 2.17. The van der Waals surface area contributed by atoms with Crippen LogP contribution < -0.4 is 10.1 Å². The van der Waals surface area contributed by atoms with Gasteiger partial charge < -0.3 is 10.1 Å². The largest absolute Gasteiger partial charge is 0.497 e. The van der Waals surface area contributed by atoms with Crippen molar-refractivity contribution in [1.82, 2.24) is 10.2 Å². The molecule has 1 aromatic rings. The minimum Gasteiger partial charge on any atom is -0.497 e. The third-order valence-corrected chi connectivity index (χ3v) is 3.80. The van der Waals surface area contributed by atoms with Gasteiger partial charge in [-0.25, -0.2) is 0 Å². The van der Waals surface area contributed by atoms with Gasteiger partial charge in [0.05, 0.1) is 19.2 Å². The third kappa shape index (κ3) is 2.82. The van der Waals surface area contributed by atoms with Crippen LogP contribution in [0.5, 0.6) is 5.75 Å². The zero-order valence-electron chi connectivity index (χ0n) is 12.1. The lowest BCUT2D eigenvalue weighted by atomic mass is 10.0. The lowest BCUT2D eigenvalue weighted by Gasteiger charge is -2.36. The Kier molecular flexibility index (Phi) is 4.39. The fourth-order valence-corrected chi connectivity index (χ4v) is 2.48. The average molecular weight is 276 g/mol. The standard InChI is InChI=1S/C15H20N2O3/c1-10(17-9-8-16-15(19)11(17)2)14(18)12-4-6-13(20-3)7-5-12/h4-7,10-11H,8-9H2,1-3H3,(H,16,19). The molecule has 20 heavy (non-hydrogen) atoms. The maximum absolute atomic E-state index is 12.5. The van der Waals surface area contributed by atoms with Gasteiger partial charge in [0.15, 0.2) is 5.78 Å². The number of piperazine rings is 1. The quantitative estimate of drug-likeness (QED) is 0.836. The monoisotopic (exact) mass is 276 g/mol. The molecule has 1 aliphatic heterocycles. The molecule has 2 atom stereocenters. The minimum absolute atomic E-state index is 0.0224. The highest BCUT2D eigenvalue weighted by atomic mass is 16.5. The van der Waals surface area contributed by atoms with Crippen LogP contribution in [0.15, 0.2) is 24.3 Å². The molecule has 2 unspecified atom stereocenters. The van der Waals surface area contributed by atoms with Crippen molar-refractivity contribution in [1.29, 1.82) is 0 Å². The summed E-state index contributed by atoms with van der Waals surface area (Å²) in [6, 6.07) is 6.46. The predicted molar refractivity (Wildman–Crippen MR) is 76.0 cm³/mol. The first-order valence-corrected chi connectivity index (χ1v) is 6.76. The van der Waals surface area contributed by atoms with Gasteiger partial charge in [0, 0.05) is 18.7 Å². The second-order valence-electron chi connectivity index (χ2n) is 4.97. The molecule has 1 aromatic carbocycles. The van der Waals surface area contributed by atoms with E-state index in [-0.39, 0.29) is 23.8 Å². The van der Waals surface area contributed by atoms with Crippen LogP contribution in [0, 0.1) is 0 Å². The van der Waals surface area contributed by atoms with Crippen LogP contribution in [0.4, 0.5) is 0 Å². The summed E-state index contributed by atoms with van der Waals surface area (Å²) < 4.78 is 5.08. The first-order chi connectivity index (χ1) is 9.54. The fraction of sp³-hybridized carbons (Fsp3) is 0.467. The zero-order chi connectivity index (χ0) is 14.7. The van der Waals surface area contributed by atoms with Crippen LogP contribution in [0.2, 0.25) is 0 Å². The number of methoxy groups -OCH3 is 1. The first-order valence-electron chi connectivity index (χ1n) is 6.76. The van der Waals surface area contributed by atoms with E-state index in [1.165, 1.54) is 0 Å². The molecule has 108 valence electrons. The van der Waals surface area contributed by atoms with E-state index < -0.39 is 0 Å². The van der Waals surface area contributed by atoms with E-state index in [2.05, 4.69) is 5.32 Å². The van der Waals surface area contributed by atoms with Crippen LogP contribution in [0.25, 0.3) is 0 Å². The summed E-state index contributed by atoms with van der Waals surface area (Å²) in [4.78, 5) is 26.1. The molecule has 1 heterocycles. The van der Waals surface area contributed by atoms with Crippen molar-refractivity contribution in [2.45, 2.75) is 25.9 Å². The van der Waals surface area contributed by atoms with Crippen LogP contribution in [-0.2, 0) is 4.79 Å². The van der Waals surface area contributed by atoms with Crippen LogP contribution in [-0.4, -0.2) is 48.9 Å². The van der Waals surface area contributed by atoms with Gasteiger partial charge in [-0.2, -0.15) is 0 Å². The van der Waals surface area contributed by atoms with Crippen molar-refractivity contribution >= 4 is 11.7 Å². The average Bonchev–Trinajstić information content (AvgIpc) is 2.48. The molecule has 5 heteroatoms. The number of ketones is 1. The molecule has 0 aromatic heterocycles. The molecule has 1 aliphatic rings. The number of nitrogens with one attached hydrogen (secondary N) is 1. The summed E-state index contributed by atoms with van der Waals surface area (Å²) in [6.45, 7) is 4.95. The number of hydrogen-bond acceptors (Lipinski definition) is 4. The van der Waals surface area contributed by atoms with Gasteiger partial charge in [-0.1, -0.05) is 0 Å². The molecule has 0 bridgehead atoms. The summed E-state index contributed by atoms with van der Waals surface area (Å²) in [7, 11) is 1.59. The number of benzene rings is 1. The molecule has 2 rings (SSSR count). The molecule has 0 radical (unpaired) electrons. The molecule has 5 nitrogen and oxygen atoms in total. The second kappa shape index (κ2) is 6.05. The summed E-state index contributed by atoms with van der Waals surface area (Å²) in [5.74, 6) is 0.722. The van der Waals surface area contributed by atoms with Crippen molar-refractivity contribution < 1.29 is 14.3 Å². The van der Waals surface area contributed by atoms with Crippen LogP contribution in [0.3, 0.4) is 0 Å². The van der Waals surface area contributed by atoms with Crippen LogP contribution in [0.1, 0.15) is 24.2 Å². The van der Waals surface area contributed by atoms with Crippen molar-refractivity contribution in [3.05, 3.63) is 29.8 Å². The van der Waals surface area contributed by atoms with E-state index in [1.807, 2.05) is 18.7 Å². The normalized spacial score (nSPS) is 21.1. The lowest BCUT2D eigenvalue weighted by molar-refractivity contribution is -0.128. The van der Waals surface area contributed by atoms with Gasteiger partial charge in [-0.3, -0.25) is 14.5 Å². The topological polar surface area (TPSA) is 58.6 Å². The number of hydrogen-bond donors (Lipinski definition) is 1. The first kappa shape index (κ1) is 14.5. The highest BCUT2D eigenvalue weighted by molar-refractivity contribution is 6.00. The Morgan fingerprint density at radius 2 is 2.05 bits per heavy atom. The van der Waals surface area contributed by atoms with E-state index in [1.54, 1.807) is 31.4 Å². The van der Waals surface area contributed by atoms with E-state index >= 15 is 0 Å². The predicted octanol–water partition coefficient (Wildman–Crippen LogP) is 1.09. The van der Waals surface area contributed by atoms with E-state index in [0.717, 1.165) is 5.75 Å². The van der Waals surface area contributed by atoms with Crippen LogP contribution >= 0.6 is 0 Å². The maximum atomic E-state index is 12.5. The summed E-state index contributed by atoms with van der Waals surface area (Å²) in [5.41, 5.74) is 0.636. The fourth-order valence-electron chi connectivity index (χ4n) is 2.48. The Morgan fingerprint density at radius 3 is 2.65 bits per heavy atom. The molecule has 1 fully saturated rings. The highest BCUT2D eigenvalue weighted by Gasteiger charge is 2.32. The lowest BCUT2D eigenvalue weighted by Crippen LogP contribution is -2.58. The molecule has 0 aliphatic carbocycles. The van der Waals surface area contributed by atoms with Gasteiger partial charge in [0.25, 0.3) is 0 Å². The van der Waals surface area contributed by atoms with Crippen molar-refractivity contribution in [2.24, 2.45) is 0 Å². The maximum Gasteiger partial charge on any atom is 0.237 e. The van der Waals surface area contributed by atoms with Gasteiger partial charge >= 0.3 is 0 Å². The Labute approximate surface area is 118 Å². The Hall–Kier alpha value is -1.88. The van der Waals surface area contributed by atoms with E-state index in [0.29, 0.717) is 18.7 Å². The SMILES string of the molecule is COc1ccc(C(=O)C(C)N2CCNC(=O)C2C)cc1. The molecule has 1 saturated heterocycles. The smallest absolute Gasteiger partial charge is 0.237 e. The molecule has 0 saturated carbocycles. The second-order valence-corrected chi connectivity index (χ2v) is 4.97. The minimum atomic E-state index is -0.315.